The molecule has 0 saturated carbocycles. The predicted molar refractivity (Wildman–Crippen MR) is 128 cm³/mol. The number of likely N-dealkylation sites (tertiary alicyclic amines) is 1. The number of aliphatic hydroxyl groups is 2. The van der Waals surface area contributed by atoms with Gasteiger partial charge in [-0.25, -0.2) is 9.78 Å². The molecule has 1 aromatic heterocycles. The SMILES string of the molecule is COC(O)c1ccc(NC(=O)N2CCC(C(O)CC3c4ccccc4-n4cncc43)CC2)cc1. The molecule has 0 aliphatic carbocycles. The van der Waals surface area contributed by atoms with Crippen molar-refractivity contribution in [2.75, 3.05) is 25.5 Å². The van der Waals surface area contributed by atoms with E-state index >= 15 is 0 Å². The highest BCUT2D eigenvalue weighted by atomic mass is 16.6. The first-order valence-electron chi connectivity index (χ1n) is 11.7. The standard InChI is InChI=1S/C26H30N4O4/c1-34-25(32)18-6-8-19(9-7-18)28-26(33)29-12-10-17(11-13-29)24(31)14-21-20-4-2-3-5-22(20)30-16-27-15-23(21)30/h2-9,15-17,21,24-25,31-32H,10-14H2,1H3,(H,28,33). The van der Waals surface area contributed by atoms with Gasteiger partial charge in [-0.3, -0.25) is 0 Å². The molecule has 0 spiro atoms. The smallest absolute Gasteiger partial charge is 0.321 e. The van der Waals surface area contributed by atoms with Gasteiger partial charge in [0.05, 0.1) is 23.8 Å². The fourth-order valence-electron chi connectivity index (χ4n) is 5.16. The largest absolute Gasteiger partial charge is 0.393 e. The number of carbonyl (C=O) groups excluding carboxylic acids is 1. The van der Waals surface area contributed by atoms with Crippen LogP contribution in [0.3, 0.4) is 0 Å². The van der Waals surface area contributed by atoms with E-state index in [1.54, 1.807) is 29.2 Å². The van der Waals surface area contributed by atoms with Gasteiger partial charge in [0, 0.05) is 43.6 Å². The van der Waals surface area contributed by atoms with Gasteiger partial charge in [-0.1, -0.05) is 30.3 Å². The number of amides is 2. The lowest BCUT2D eigenvalue weighted by Gasteiger charge is -2.35. The number of hydrogen-bond donors (Lipinski definition) is 3. The summed E-state index contributed by atoms with van der Waals surface area (Å²) in [6.07, 6.45) is 4.50. The molecule has 5 rings (SSSR count). The molecule has 0 bridgehead atoms. The Balaban J connectivity index is 1.15. The molecule has 0 radical (unpaired) electrons. The molecule has 1 saturated heterocycles. The van der Waals surface area contributed by atoms with E-state index in [0.717, 1.165) is 24.2 Å². The van der Waals surface area contributed by atoms with Crippen LogP contribution < -0.4 is 5.32 Å². The molecule has 178 valence electrons. The number of ether oxygens (including phenoxy) is 1. The number of para-hydroxylation sites is 1. The Kier molecular flexibility index (Phi) is 6.36. The van der Waals surface area contributed by atoms with E-state index in [2.05, 4.69) is 27.0 Å². The summed E-state index contributed by atoms with van der Waals surface area (Å²) >= 11 is 0. The lowest BCUT2D eigenvalue weighted by molar-refractivity contribution is -0.0769. The predicted octanol–water partition coefficient (Wildman–Crippen LogP) is 3.65. The number of nitrogens with zero attached hydrogens (tertiary/aromatic N) is 3. The average molecular weight is 463 g/mol. The molecule has 3 N–H and O–H groups in total. The Morgan fingerprint density at radius 1 is 1.15 bits per heavy atom. The van der Waals surface area contributed by atoms with Gasteiger partial charge in [-0.15, -0.1) is 0 Å². The number of benzene rings is 2. The van der Waals surface area contributed by atoms with Crippen molar-refractivity contribution in [2.45, 2.75) is 37.6 Å². The lowest BCUT2D eigenvalue weighted by atomic mass is 9.83. The molecular formula is C26H30N4O4. The highest BCUT2D eigenvalue weighted by Gasteiger charge is 2.34. The number of nitrogens with one attached hydrogen (secondary N) is 1. The Labute approximate surface area is 198 Å². The number of hydrogen-bond acceptors (Lipinski definition) is 5. The van der Waals surface area contributed by atoms with Crippen LogP contribution in [0, 0.1) is 5.92 Å². The second-order valence-electron chi connectivity index (χ2n) is 9.07. The first-order chi connectivity index (χ1) is 16.5. The second kappa shape index (κ2) is 9.58. The third-order valence-electron chi connectivity index (χ3n) is 7.11. The second-order valence-corrected chi connectivity index (χ2v) is 9.07. The van der Waals surface area contributed by atoms with Crippen molar-refractivity contribution in [2.24, 2.45) is 5.92 Å². The topological polar surface area (TPSA) is 99.9 Å². The van der Waals surface area contributed by atoms with Crippen molar-refractivity contribution in [3.63, 3.8) is 0 Å². The van der Waals surface area contributed by atoms with E-state index in [-0.39, 0.29) is 17.9 Å². The molecule has 8 nitrogen and oxygen atoms in total. The fraction of sp³-hybridized carbons (Fsp3) is 0.385. The van der Waals surface area contributed by atoms with E-state index in [1.807, 2.05) is 24.7 Å². The zero-order valence-electron chi connectivity index (χ0n) is 19.2. The number of aliphatic hydroxyl groups excluding tert-OH is 2. The summed E-state index contributed by atoms with van der Waals surface area (Å²) in [4.78, 5) is 18.8. The number of piperidine rings is 1. The Morgan fingerprint density at radius 2 is 1.88 bits per heavy atom. The summed E-state index contributed by atoms with van der Waals surface area (Å²) in [6, 6.07) is 15.1. The van der Waals surface area contributed by atoms with E-state index in [0.29, 0.717) is 30.8 Å². The summed E-state index contributed by atoms with van der Waals surface area (Å²) in [5.74, 6) is 0.289. The van der Waals surface area contributed by atoms with Gasteiger partial charge in [0.1, 0.15) is 0 Å². The minimum atomic E-state index is -0.978. The van der Waals surface area contributed by atoms with Crippen LogP contribution in [0.5, 0.6) is 0 Å². The van der Waals surface area contributed by atoms with E-state index in [9.17, 15) is 15.0 Å². The van der Waals surface area contributed by atoms with Crippen molar-refractivity contribution in [3.05, 3.63) is 77.9 Å². The maximum absolute atomic E-state index is 12.7. The van der Waals surface area contributed by atoms with Crippen LogP contribution in [-0.4, -0.2) is 57.0 Å². The van der Waals surface area contributed by atoms with Crippen LogP contribution in [0.15, 0.2) is 61.1 Å². The van der Waals surface area contributed by atoms with Crippen LogP contribution in [0.25, 0.3) is 5.69 Å². The van der Waals surface area contributed by atoms with Crippen LogP contribution >= 0.6 is 0 Å². The van der Waals surface area contributed by atoms with Crippen molar-refractivity contribution in [1.82, 2.24) is 14.5 Å². The molecule has 3 unspecified atom stereocenters. The highest BCUT2D eigenvalue weighted by Crippen LogP contribution is 2.41. The van der Waals surface area contributed by atoms with Gasteiger partial charge in [0.2, 0.25) is 0 Å². The van der Waals surface area contributed by atoms with Crippen molar-refractivity contribution >= 4 is 11.7 Å². The quantitative estimate of drug-likeness (QED) is 0.486. The molecule has 2 amide bonds. The Hall–Kier alpha value is -3.20. The first-order valence-corrected chi connectivity index (χ1v) is 11.7. The van der Waals surface area contributed by atoms with Crippen molar-refractivity contribution in [1.29, 1.82) is 0 Å². The zero-order chi connectivity index (χ0) is 23.7. The summed E-state index contributed by atoms with van der Waals surface area (Å²) in [6.45, 7) is 1.21. The molecular weight excluding hydrogens is 432 g/mol. The number of imidazole rings is 1. The molecule has 34 heavy (non-hydrogen) atoms. The molecule has 3 atom stereocenters. The van der Waals surface area contributed by atoms with Gasteiger partial charge >= 0.3 is 6.03 Å². The number of anilines is 1. The molecule has 3 aromatic rings. The zero-order valence-corrected chi connectivity index (χ0v) is 19.2. The van der Waals surface area contributed by atoms with E-state index < -0.39 is 12.4 Å². The summed E-state index contributed by atoms with van der Waals surface area (Å²) in [7, 11) is 1.43. The Bertz CT molecular complexity index is 1140. The van der Waals surface area contributed by atoms with Crippen molar-refractivity contribution in [3.8, 4) is 5.69 Å². The summed E-state index contributed by atoms with van der Waals surface area (Å²) in [5, 5.41) is 23.7. The van der Waals surface area contributed by atoms with Gasteiger partial charge in [-0.05, 0) is 48.9 Å². The summed E-state index contributed by atoms with van der Waals surface area (Å²) in [5.41, 5.74) is 4.79. The average Bonchev–Trinajstić information content (AvgIpc) is 3.46. The number of carbonyl (C=O) groups is 1. The first kappa shape index (κ1) is 22.6. The van der Waals surface area contributed by atoms with Crippen LogP contribution in [-0.2, 0) is 4.74 Å². The van der Waals surface area contributed by atoms with E-state index in [4.69, 9.17) is 4.74 Å². The molecule has 8 heteroatoms. The number of fused-ring (bicyclic) bond motifs is 3. The highest BCUT2D eigenvalue weighted by molar-refractivity contribution is 5.89. The van der Waals surface area contributed by atoms with Crippen LogP contribution in [0.1, 0.15) is 48.3 Å². The molecule has 3 heterocycles. The van der Waals surface area contributed by atoms with Crippen LogP contribution in [0.4, 0.5) is 10.5 Å². The minimum Gasteiger partial charge on any atom is -0.393 e. The maximum Gasteiger partial charge on any atom is 0.321 e. The van der Waals surface area contributed by atoms with Gasteiger partial charge in [0.25, 0.3) is 0 Å². The molecule has 2 aliphatic rings. The van der Waals surface area contributed by atoms with Crippen LogP contribution in [0.2, 0.25) is 0 Å². The number of aromatic nitrogens is 2. The third-order valence-corrected chi connectivity index (χ3v) is 7.11. The lowest BCUT2D eigenvalue weighted by Crippen LogP contribution is -2.43. The van der Waals surface area contributed by atoms with Gasteiger partial charge in [-0.2, -0.15) is 0 Å². The van der Waals surface area contributed by atoms with Crippen molar-refractivity contribution < 1.29 is 19.7 Å². The minimum absolute atomic E-state index is 0.134. The normalized spacial score (nSPS) is 19.4. The number of urea groups is 1. The molecule has 2 aromatic carbocycles. The number of rotatable bonds is 6. The maximum atomic E-state index is 12.7. The van der Waals surface area contributed by atoms with Gasteiger partial charge in [0.15, 0.2) is 6.29 Å². The van der Waals surface area contributed by atoms with E-state index in [1.165, 1.54) is 12.7 Å². The summed E-state index contributed by atoms with van der Waals surface area (Å²) < 4.78 is 7.00. The monoisotopic (exact) mass is 462 g/mol. The fourth-order valence-corrected chi connectivity index (χ4v) is 5.16. The Morgan fingerprint density at radius 3 is 2.62 bits per heavy atom. The number of methoxy groups -OCH3 is 1. The third kappa shape index (κ3) is 4.32. The van der Waals surface area contributed by atoms with Gasteiger partial charge < -0.3 is 29.7 Å². The molecule has 2 aliphatic heterocycles. The molecule has 1 fully saturated rings.